The number of aliphatic hydroxyl groups excluding tert-OH is 1. The van der Waals surface area contributed by atoms with Gasteiger partial charge < -0.3 is 10.0 Å². The van der Waals surface area contributed by atoms with Crippen LogP contribution in [0, 0.1) is 11.3 Å². The predicted octanol–water partition coefficient (Wildman–Crippen LogP) is 1.52. The van der Waals surface area contributed by atoms with Gasteiger partial charge in [0.25, 0.3) is 5.82 Å². The average molecular weight is 297 g/mol. The smallest absolute Gasteiger partial charge is 0.252 e. The number of likely N-dealkylation sites (tertiary alicyclic amines) is 1. The Hall–Kier alpha value is -2.23. The first-order valence-corrected chi connectivity index (χ1v) is 7.53. The van der Waals surface area contributed by atoms with E-state index in [1.54, 1.807) is 11.0 Å². The molecule has 22 heavy (non-hydrogen) atoms. The molecule has 1 fully saturated rings. The van der Waals surface area contributed by atoms with Gasteiger partial charge in [-0.1, -0.05) is 30.3 Å². The Morgan fingerprint density at radius 3 is 2.64 bits per heavy atom. The maximum atomic E-state index is 10.3. The molecule has 0 amide bonds. The molecule has 2 aromatic rings. The topological polar surface area (TPSA) is 78.0 Å². The molecule has 6 nitrogen and oxygen atoms in total. The van der Waals surface area contributed by atoms with E-state index in [1.165, 1.54) is 0 Å². The first-order chi connectivity index (χ1) is 10.8. The maximum Gasteiger partial charge on any atom is 0.252 e. The van der Waals surface area contributed by atoms with Crippen molar-refractivity contribution in [1.82, 2.24) is 19.7 Å². The van der Waals surface area contributed by atoms with Crippen molar-refractivity contribution >= 4 is 0 Å². The van der Waals surface area contributed by atoms with Gasteiger partial charge in [-0.3, -0.25) is 0 Å². The summed E-state index contributed by atoms with van der Waals surface area (Å²) in [7, 11) is 0. The normalized spacial score (nSPS) is 18.0. The zero-order valence-corrected chi connectivity index (χ0v) is 12.3. The third-order valence-corrected chi connectivity index (χ3v) is 4.16. The van der Waals surface area contributed by atoms with E-state index in [0.29, 0.717) is 12.6 Å². The van der Waals surface area contributed by atoms with Crippen molar-refractivity contribution in [3.8, 4) is 6.07 Å². The fourth-order valence-electron chi connectivity index (χ4n) is 2.89. The van der Waals surface area contributed by atoms with E-state index in [-0.39, 0.29) is 5.82 Å². The molecule has 1 N–H and O–H groups in total. The van der Waals surface area contributed by atoms with E-state index < -0.39 is 6.10 Å². The molecule has 0 unspecified atom stereocenters. The number of benzene rings is 1. The molecule has 0 aliphatic carbocycles. The fraction of sp³-hybridized carbons (Fsp3) is 0.438. The minimum atomic E-state index is -0.450. The van der Waals surface area contributed by atoms with Crippen LogP contribution in [0.25, 0.3) is 0 Å². The number of nitriles is 1. The molecule has 1 atom stereocenters. The second-order valence-corrected chi connectivity index (χ2v) is 5.62. The lowest BCUT2D eigenvalue weighted by Crippen LogP contribution is -2.37. The molecule has 1 aliphatic heterocycles. The van der Waals surface area contributed by atoms with Gasteiger partial charge in [0.15, 0.2) is 0 Å². The lowest BCUT2D eigenvalue weighted by Gasteiger charge is -2.33. The number of rotatable bonds is 4. The summed E-state index contributed by atoms with van der Waals surface area (Å²) in [5.41, 5.74) is 0.958. The van der Waals surface area contributed by atoms with Crippen LogP contribution in [0.5, 0.6) is 0 Å². The predicted molar refractivity (Wildman–Crippen MR) is 80.8 cm³/mol. The molecule has 0 radical (unpaired) electrons. The van der Waals surface area contributed by atoms with E-state index in [9.17, 15) is 5.11 Å². The van der Waals surface area contributed by atoms with Gasteiger partial charge in [-0.2, -0.15) is 5.26 Å². The fourth-order valence-corrected chi connectivity index (χ4v) is 2.89. The minimum Gasteiger partial charge on any atom is -0.387 e. The molecule has 3 rings (SSSR count). The first-order valence-electron chi connectivity index (χ1n) is 7.53. The van der Waals surface area contributed by atoms with Crippen LogP contribution in [0.15, 0.2) is 36.7 Å². The largest absolute Gasteiger partial charge is 0.387 e. The van der Waals surface area contributed by atoms with Gasteiger partial charge in [-0.05, 0) is 18.4 Å². The van der Waals surface area contributed by atoms with Crippen molar-refractivity contribution in [3.05, 3.63) is 48.0 Å². The number of β-amino-alcohol motifs (C(OH)–C–C–N with tert-alkyl or cyclic N) is 1. The molecular weight excluding hydrogens is 278 g/mol. The Labute approximate surface area is 129 Å². The number of piperidine rings is 1. The summed E-state index contributed by atoms with van der Waals surface area (Å²) < 4.78 is 1.80. The van der Waals surface area contributed by atoms with Crippen LogP contribution in [0.1, 0.15) is 36.4 Å². The molecule has 1 aliphatic rings. The molecule has 114 valence electrons. The average Bonchev–Trinajstić information content (AvgIpc) is 3.05. The highest BCUT2D eigenvalue weighted by atomic mass is 16.3. The van der Waals surface area contributed by atoms with Gasteiger partial charge in [-0.15, -0.1) is 5.10 Å². The van der Waals surface area contributed by atoms with Crippen LogP contribution in [-0.4, -0.2) is 44.4 Å². The van der Waals surface area contributed by atoms with Crippen molar-refractivity contribution < 1.29 is 5.11 Å². The van der Waals surface area contributed by atoms with E-state index in [2.05, 4.69) is 15.0 Å². The Bertz CT molecular complexity index is 640. The Balaban J connectivity index is 1.52. The van der Waals surface area contributed by atoms with E-state index in [1.807, 2.05) is 36.4 Å². The molecule has 1 saturated heterocycles. The van der Waals surface area contributed by atoms with Crippen molar-refractivity contribution in [3.63, 3.8) is 0 Å². The Morgan fingerprint density at radius 1 is 1.27 bits per heavy atom. The molecule has 0 bridgehead atoms. The molecule has 1 aromatic heterocycles. The summed E-state index contributed by atoms with van der Waals surface area (Å²) in [5, 5.41) is 23.2. The highest BCUT2D eigenvalue weighted by molar-refractivity contribution is 5.17. The summed E-state index contributed by atoms with van der Waals surface area (Å²) in [6.45, 7) is 2.48. The minimum absolute atomic E-state index is 0.224. The van der Waals surface area contributed by atoms with E-state index >= 15 is 0 Å². The number of hydrogen-bond donors (Lipinski definition) is 1. The van der Waals surface area contributed by atoms with Crippen LogP contribution in [0.3, 0.4) is 0 Å². The second kappa shape index (κ2) is 6.69. The van der Waals surface area contributed by atoms with Gasteiger partial charge in [0.1, 0.15) is 12.4 Å². The van der Waals surface area contributed by atoms with Crippen LogP contribution in [0.2, 0.25) is 0 Å². The summed E-state index contributed by atoms with van der Waals surface area (Å²) in [6, 6.07) is 12.0. The van der Waals surface area contributed by atoms with Crippen LogP contribution < -0.4 is 0 Å². The Morgan fingerprint density at radius 2 is 2.00 bits per heavy atom. The van der Waals surface area contributed by atoms with Crippen LogP contribution in [-0.2, 0) is 0 Å². The molecule has 2 heterocycles. The van der Waals surface area contributed by atoms with Gasteiger partial charge in [0.2, 0.25) is 0 Å². The second-order valence-electron chi connectivity index (χ2n) is 5.62. The van der Waals surface area contributed by atoms with Gasteiger partial charge >= 0.3 is 0 Å². The molecular formula is C16H19N5O. The molecule has 6 heteroatoms. The standard InChI is InChI=1S/C16H19N5O/c17-10-16-18-12-21(19-16)14-6-8-20(9-7-14)11-15(22)13-4-2-1-3-5-13/h1-5,12,14-15,22H,6-9,11H2/t15-/m1/s1. The van der Waals surface area contributed by atoms with Crippen LogP contribution >= 0.6 is 0 Å². The van der Waals surface area contributed by atoms with Crippen molar-refractivity contribution in [2.45, 2.75) is 25.0 Å². The number of aromatic nitrogens is 3. The third kappa shape index (κ3) is 3.32. The van der Waals surface area contributed by atoms with Gasteiger partial charge in [-0.25, -0.2) is 9.67 Å². The van der Waals surface area contributed by atoms with Gasteiger partial charge in [0, 0.05) is 19.6 Å². The molecule has 1 aromatic carbocycles. The SMILES string of the molecule is N#Cc1ncn(C2CCN(C[C@@H](O)c3ccccc3)CC2)n1. The highest BCUT2D eigenvalue weighted by Gasteiger charge is 2.23. The number of hydrogen-bond acceptors (Lipinski definition) is 5. The lowest BCUT2D eigenvalue weighted by atomic mass is 10.0. The zero-order chi connectivity index (χ0) is 15.4. The lowest BCUT2D eigenvalue weighted by molar-refractivity contribution is 0.0889. The summed E-state index contributed by atoms with van der Waals surface area (Å²) in [4.78, 5) is 6.23. The summed E-state index contributed by atoms with van der Waals surface area (Å²) in [6.07, 6.45) is 3.10. The van der Waals surface area contributed by atoms with E-state index in [4.69, 9.17) is 5.26 Å². The quantitative estimate of drug-likeness (QED) is 0.925. The Kier molecular flexibility index (Phi) is 4.47. The first kappa shape index (κ1) is 14.7. The third-order valence-electron chi connectivity index (χ3n) is 4.16. The number of aliphatic hydroxyl groups is 1. The zero-order valence-electron chi connectivity index (χ0n) is 12.3. The van der Waals surface area contributed by atoms with Crippen molar-refractivity contribution in [1.29, 1.82) is 5.26 Å². The molecule has 0 spiro atoms. The molecule has 0 saturated carbocycles. The van der Waals surface area contributed by atoms with Crippen molar-refractivity contribution in [2.75, 3.05) is 19.6 Å². The van der Waals surface area contributed by atoms with E-state index in [0.717, 1.165) is 31.5 Å². The van der Waals surface area contributed by atoms with Crippen molar-refractivity contribution in [2.24, 2.45) is 0 Å². The number of nitrogens with zero attached hydrogens (tertiary/aromatic N) is 5. The maximum absolute atomic E-state index is 10.3. The summed E-state index contributed by atoms with van der Waals surface area (Å²) >= 11 is 0. The van der Waals surface area contributed by atoms with Crippen LogP contribution in [0.4, 0.5) is 0 Å². The summed E-state index contributed by atoms with van der Waals surface area (Å²) in [5.74, 6) is 0.224. The highest BCUT2D eigenvalue weighted by Crippen LogP contribution is 2.23. The van der Waals surface area contributed by atoms with Gasteiger partial charge in [0.05, 0.1) is 12.1 Å². The monoisotopic (exact) mass is 297 g/mol.